The molecule has 0 saturated heterocycles. The van der Waals surface area contributed by atoms with Crippen LogP contribution in [0, 0.1) is 0 Å². The first-order valence-electron chi connectivity index (χ1n) is 10.3. The van der Waals surface area contributed by atoms with Crippen LogP contribution in [0.15, 0.2) is 55.0 Å². The van der Waals surface area contributed by atoms with Crippen molar-refractivity contribution in [2.24, 2.45) is 0 Å². The predicted octanol–water partition coefficient (Wildman–Crippen LogP) is 4.19. The number of hydrogen-bond acceptors (Lipinski definition) is 5. The van der Waals surface area contributed by atoms with Crippen LogP contribution >= 0.6 is 0 Å². The van der Waals surface area contributed by atoms with Crippen molar-refractivity contribution in [2.45, 2.75) is 44.6 Å². The fraction of sp³-hybridized carbons (Fsp3) is 0.292. The maximum atomic E-state index is 10.5. The van der Waals surface area contributed by atoms with Gasteiger partial charge in [-0.05, 0) is 51.3 Å². The summed E-state index contributed by atoms with van der Waals surface area (Å²) in [5, 5.41) is 20.6. The van der Waals surface area contributed by atoms with Crippen molar-refractivity contribution in [3.63, 3.8) is 0 Å². The summed E-state index contributed by atoms with van der Waals surface area (Å²) >= 11 is 0. The van der Waals surface area contributed by atoms with Gasteiger partial charge in [0.05, 0.1) is 11.4 Å². The summed E-state index contributed by atoms with van der Waals surface area (Å²) in [6.07, 6.45) is 8.53. The number of aliphatic hydroxyl groups is 1. The zero-order valence-electron chi connectivity index (χ0n) is 17.1. The van der Waals surface area contributed by atoms with Gasteiger partial charge in [-0.15, -0.1) is 0 Å². The first-order valence-corrected chi connectivity index (χ1v) is 10.3. The Balaban J connectivity index is 1.62. The minimum absolute atomic E-state index is 0.106. The lowest BCUT2D eigenvalue weighted by molar-refractivity contribution is 0.0687. The van der Waals surface area contributed by atoms with Crippen LogP contribution in [0.5, 0.6) is 5.75 Å². The van der Waals surface area contributed by atoms with E-state index in [1.807, 2.05) is 30.3 Å². The molecular formula is C24H24N4O2. The lowest BCUT2D eigenvalue weighted by Gasteiger charge is -2.24. The summed E-state index contributed by atoms with van der Waals surface area (Å²) in [5.74, 6) is 0.832. The van der Waals surface area contributed by atoms with E-state index in [0.717, 1.165) is 53.0 Å². The molecule has 0 spiro atoms. The number of aromatic nitrogens is 4. The van der Waals surface area contributed by atoms with E-state index in [1.54, 1.807) is 32.3 Å². The maximum Gasteiger partial charge on any atom is 0.159 e. The normalized spacial score (nSPS) is 16.6. The highest BCUT2D eigenvalue weighted by atomic mass is 16.3. The van der Waals surface area contributed by atoms with E-state index in [0.29, 0.717) is 11.6 Å². The minimum atomic E-state index is -1.07. The summed E-state index contributed by atoms with van der Waals surface area (Å²) in [7, 11) is 0. The van der Waals surface area contributed by atoms with Gasteiger partial charge in [0.2, 0.25) is 0 Å². The van der Waals surface area contributed by atoms with E-state index in [-0.39, 0.29) is 5.92 Å². The number of fused-ring (bicyclic) bond motifs is 3. The first kappa shape index (κ1) is 18.8. The van der Waals surface area contributed by atoms with E-state index in [4.69, 9.17) is 4.98 Å². The van der Waals surface area contributed by atoms with Gasteiger partial charge in [-0.2, -0.15) is 0 Å². The molecule has 1 atom stereocenters. The second kappa shape index (κ2) is 6.92. The van der Waals surface area contributed by atoms with Gasteiger partial charge in [0.15, 0.2) is 5.82 Å². The van der Waals surface area contributed by atoms with Crippen LogP contribution in [-0.2, 0) is 12.0 Å². The number of nitrogens with zero attached hydrogens (tertiary/aromatic N) is 4. The molecule has 3 aromatic heterocycles. The number of hydrogen-bond donors (Lipinski definition) is 2. The summed E-state index contributed by atoms with van der Waals surface area (Å²) in [5.41, 5.74) is 4.88. The van der Waals surface area contributed by atoms with Gasteiger partial charge in [0.25, 0.3) is 0 Å². The first-order chi connectivity index (χ1) is 14.4. The van der Waals surface area contributed by atoms with Crippen molar-refractivity contribution < 1.29 is 10.2 Å². The highest BCUT2D eigenvalue weighted by molar-refractivity contribution is 5.64. The predicted molar refractivity (Wildman–Crippen MR) is 114 cm³/mol. The minimum Gasteiger partial charge on any atom is -0.508 e. The molecule has 0 amide bonds. The monoisotopic (exact) mass is 400 g/mol. The number of aromatic hydroxyl groups is 1. The average molecular weight is 400 g/mol. The topological polar surface area (TPSA) is 83.5 Å². The Bertz CT molecular complexity index is 1220. The largest absolute Gasteiger partial charge is 0.508 e. The SMILES string of the molecule is CC(C)(O)c1ncc(-c2ccc3nc4c(n3c2)C(c2ccccc2O)CCC4)cn1. The highest BCUT2D eigenvalue weighted by Crippen LogP contribution is 2.40. The standard InChI is InChI=1S/C24H24N4O2/c1-24(2,30)23-25-12-16(13-26-23)15-10-11-21-27-19-8-5-7-18(22(19)28(21)14-15)17-6-3-4-9-20(17)29/h3-4,6,9-14,18,29-30H,5,7-8H2,1-2H3. The van der Waals surface area contributed by atoms with E-state index in [9.17, 15) is 10.2 Å². The molecule has 2 N–H and O–H groups in total. The number of aryl methyl sites for hydroxylation is 1. The molecule has 4 aromatic rings. The summed E-state index contributed by atoms with van der Waals surface area (Å²) < 4.78 is 2.14. The molecule has 1 aromatic carbocycles. The Morgan fingerprint density at radius 2 is 1.80 bits per heavy atom. The third-order valence-electron chi connectivity index (χ3n) is 5.81. The van der Waals surface area contributed by atoms with Crippen molar-refractivity contribution in [1.82, 2.24) is 19.4 Å². The molecule has 5 rings (SSSR count). The molecule has 6 nitrogen and oxygen atoms in total. The van der Waals surface area contributed by atoms with Gasteiger partial charge in [-0.25, -0.2) is 15.0 Å². The van der Waals surface area contributed by atoms with Gasteiger partial charge in [-0.3, -0.25) is 0 Å². The van der Waals surface area contributed by atoms with Gasteiger partial charge < -0.3 is 14.6 Å². The molecule has 6 heteroatoms. The Morgan fingerprint density at radius 1 is 1.03 bits per heavy atom. The van der Waals surface area contributed by atoms with Crippen LogP contribution < -0.4 is 0 Å². The molecule has 3 heterocycles. The van der Waals surface area contributed by atoms with Crippen LogP contribution in [-0.4, -0.2) is 29.6 Å². The quantitative estimate of drug-likeness (QED) is 0.539. The van der Waals surface area contributed by atoms with Gasteiger partial charge in [0, 0.05) is 41.2 Å². The van der Waals surface area contributed by atoms with Crippen LogP contribution in [0.2, 0.25) is 0 Å². The zero-order chi connectivity index (χ0) is 20.9. The van der Waals surface area contributed by atoms with Crippen molar-refractivity contribution in [3.8, 4) is 16.9 Å². The number of rotatable bonds is 3. The van der Waals surface area contributed by atoms with Crippen molar-refractivity contribution in [1.29, 1.82) is 0 Å². The molecule has 0 bridgehead atoms. The summed E-state index contributed by atoms with van der Waals surface area (Å²) in [6.45, 7) is 3.34. The van der Waals surface area contributed by atoms with Gasteiger partial charge in [0.1, 0.15) is 17.0 Å². The molecule has 0 saturated carbocycles. The number of phenols is 1. The number of imidazole rings is 1. The molecule has 1 aliphatic rings. The Hall–Kier alpha value is -3.25. The second-order valence-electron chi connectivity index (χ2n) is 8.45. The van der Waals surface area contributed by atoms with Crippen LogP contribution in [0.1, 0.15) is 55.4 Å². The average Bonchev–Trinajstić information content (AvgIpc) is 3.12. The summed E-state index contributed by atoms with van der Waals surface area (Å²) in [6, 6.07) is 11.6. The summed E-state index contributed by atoms with van der Waals surface area (Å²) in [4.78, 5) is 13.5. The fourth-order valence-electron chi connectivity index (χ4n) is 4.32. The highest BCUT2D eigenvalue weighted by Gasteiger charge is 2.28. The van der Waals surface area contributed by atoms with Crippen LogP contribution in [0.3, 0.4) is 0 Å². The van der Waals surface area contributed by atoms with Gasteiger partial charge >= 0.3 is 0 Å². The van der Waals surface area contributed by atoms with E-state index in [1.165, 1.54) is 0 Å². The second-order valence-corrected chi connectivity index (χ2v) is 8.45. The third kappa shape index (κ3) is 3.13. The molecule has 0 aliphatic heterocycles. The number of benzene rings is 1. The lowest BCUT2D eigenvalue weighted by Crippen LogP contribution is -2.19. The maximum absolute atomic E-state index is 10.5. The molecule has 152 valence electrons. The van der Waals surface area contributed by atoms with E-state index >= 15 is 0 Å². The van der Waals surface area contributed by atoms with Crippen molar-refractivity contribution >= 4 is 5.65 Å². The lowest BCUT2D eigenvalue weighted by atomic mass is 9.84. The smallest absolute Gasteiger partial charge is 0.159 e. The Labute approximate surface area is 174 Å². The van der Waals surface area contributed by atoms with Gasteiger partial charge in [-0.1, -0.05) is 18.2 Å². The fourth-order valence-corrected chi connectivity index (χ4v) is 4.32. The molecular weight excluding hydrogens is 376 g/mol. The Kier molecular flexibility index (Phi) is 4.33. The van der Waals surface area contributed by atoms with Crippen LogP contribution in [0.25, 0.3) is 16.8 Å². The van der Waals surface area contributed by atoms with Crippen molar-refractivity contribution in [3.05, 3.63) is 77.8 Å². The zero-order valence-corrected chi connectivity index (χ0v) is 17.1. The van der Waals surface area contributed by atoms with Crippen molar-refractivity contribution in [2.75, 3.05) is 0 Å². The molecule has 1 unspecified atom stereocenters. The third-order valence-corrected chi connectivity index (χ3v) is 5.81. The van der Waals surface area contributed by atoms with E-state index in [2.05, 4.69) is 20.6 Å². The van der Waals surface area contributed by atoms with E-state index < -0.39 is 5.60 Å². The molecule has 1 aliphatic carbocycles. The molecule has 0 fully saturated rings. The number of phenolic OH excluding ortho intramolecular Hbond substituents is 1. The number of para-hydroxylation sites is 1. The molecule has 30 heavy (non-hydrogen) atoms. The molecule has 0 radical (unpaired) electrons. The number of pyridine rings is 1. The van der Waals surface area contributed by atoms with Crippen LogP contribution in [0.4, 0.5) is 0 Å². The Morgan fingerprint density at radius 3 is 2.53 bits per heavy atom.